The first kappa shape index (κ1) is 31.9. The molecule has 262 valence electrons. The monoisotopic (exact) mass is 716 g/mol. The number of hydrogen-bond donors (Lipinski definition) is 0. The molecule has 0 amide bonds. The lowest BCUT2D eigenvalue weighted by atomic mass is 10.0. The molecule has 0 bridgehead atoms. The van der Waals surface area contributed by atoms with E-state index in [0.29, 0.717) is 17.5 Å². The van der Waals surface area contributed by atoms with Crippen LogP contribution in [0.3, 0.4) is 0 Å². The Hall–Kier alpha value is -7.63. The summed E-state index contributed by atoms with van der Waals surface area (Å²) in [5.41, 5.74) is 12.2. The summed E-state index contributed by atoms with van der Waals surface area (Å²) in [6, 6.07) is 67.4. The van der Waals surface area contributed by atoms with Crippen molar-refractivity contribution in [1.29, 1.82) is 0 Å². The smallest absolute Gasteiger partial charge is 0.164 e. The Morgan fingerprint density at radius 2 is 0.839 bits per heavy atom. The van der Waals surface area contributed by atoms with E-state index in [2.05, 4.69) is 144 Å². The van der Waals surface area contributed by atoms with Gasteiger partial charge in [-0.15, -0.1) is 0 Å². The van der Waals surface area contributed by atoms with Gasteiger partial charge in [-0.05, 0) is 47.0 Å². The molecule has 0 aliphatic heterocycles. The van der Waals surface area contributed by atoms with Crippen molar-refractivity contribution >= 4 is 43.7 Å². The topological polar surface area (TPSA) is 56.7 Å². The Labute approximate surface area is 322 Å². The molecule has 0 spiro atoms. The molecular weight excluding hydrogens is 685 g/mol. The van der Waals surface area contributed by atoms with E-state index in [9.17, 15) is 0 Å². The van der Waals surface area contributed by atoms with Gasteiger partial charge >= 0.3 is 0 Å². The Morgan fingerprint density at radius 3 is 1.55 bits per heavy atom. The van der Waals surface area contributed by atoms with Crippen molar-refractivity contribution in [3.8, 4) is 62.1 Å². The van der Waals surface area contributed by atoms with Crippen LogP contribution in [0.4, 0.5) is 0 Å². The van der Waals surface area contributed by atoms with Gasteiger partial charge in [0.2, 0.25) is 0 Å². The second-order valence-electron chi connectivity index (χ2n) is 14.0. The molecule has 3 aromatic heterocycles. The Kier molecular flexibility index (Phi) is 7.42. The number of aromatic nitrogens is 4. The van der Waals surface area contributed by atoms with E-state index in [-0.39, 0.29) is 0 Å². The molecule has 56 heavy (non-hydrogen) atoms. The summed E-state index contributed by atoms with van der Waals surface area (Å²) in [7, 11) is 0. The van der Waals surface area contributed by atoms with Crippen LogP contribution in [-0.2, 0) is 0 Å². The third-order valence-electron chi connectivity index (χ3n) is 10.7. The lowest BCUT2D eigenvalue weighted by molar-refractivity contribution is 0.670. The average Bonchev–Trinajstić information content (AvgIpc) is 3.82. The predicted octanol–water partition coefficient (Wildman–Crippen LogP) is 13.2. The normalized spacial score (nSPS) is 11.6. The maximum atomic E-state index is 6.55. The number of fused-ring (bicyclic) bond motifs is 6. The van der Waals surface area contributed by atoms with Gasteiger partial charge in [0.05, 0.1) is 11.0 Å². The van der Waals surface area contributed by atoms with Crippen molar-refractivity contribution in [2.75, 3.05) is 0 Å². The number of para-hydroxylation sites is 2. The molecule has 3 heterocycles. The maximum absolute atomic E-state index is 6.55. The zero-order chi connectivity index (χ0) is 37.0. The van der Waals surface area contributed by atoms with Gasteiger partial charge in [-0.3, -0.25) is 0 Å². The second-order valence-corrected chi connectivity index (χ2v) is 14.0. The first-order valence-corrected chi connectivity index (χ1v) is 18.8. The van der Waals surface area contributed by atoms with Gasteiger partial charge in [-0.2, -0.15) is 0 Å². The molecule has 5 heteroatoms. The van der Waals surface area contributed by atoms with Gasteiger partial charge in [0.25, 0.3) is 0 Å². The number of benzene rings is 8. The maximum Gasteiger partial charge on any atom is 0.164 e. The van der Waals surface area contributed by atoms with Crippen LogP contribution in [0.15, 0.2) is 199 Å². The van der Waals surface area contributed by atoms with Crippen molar-refractivity contribution in [3.63, 3.8) is 0 Å². The summed E-state index contributed by atoms with van der Waals surface area (Å²) < 4.78 is 8.92. The molecule has 0 unspecified atom stereocenters. The number of nitrogens with zero attached hydrogens (tertiary/aromatic N) is 4. The molecule has 11 rings (SSSR count). The van der Waals surface area contributed by atoms with E-state index in [1.54, 1.807) is 0 Å². The third kappa shape index (κ3) is 5.37. The van der Waals surface area contributed by atoms with Crippen molar-refractivity contribution in [2.45, 2.75) is 0 Å². The van der Waals surface area contributed by atoms with Crippen LogP contribution in [-0.4, -0.2) is 19.5 Å². The zero-order valence-electron chi connectivity index (χ0n) is 30.2. The van der Waals surface area contributed by atoms with Crippen LogP contribution in [0.1, 0.15) is 0 Å². The molecule has 0 saturated heterocycles. The minimum Gasteiger partial charge on any atom is -0.455 e. The van der Waals surface area contributed by atoms with Gasteiger partial charge in [-0.1, -0.05) is 164 Å². The first-order valence-electron chi connectivity index (χ1n) is 18.8. The lowest BCUT2D eigenvalue weighted by Gasteiger charge is -2.13. The second kappa shape index (κ2) is 13.0. The Bertz CT molecular complexity index is 3220. The highest BCUT2D eigenvalue weighted by Crippen LogP contribution is 2.41. The van der Waals surface area contributed by atoms with Gasteiger partial charge in [0.15, 0.2) is 17.5 Å². The Morgan fingerprint density at radius 1 is 0.339 bits per heavy atom. The van der Waals surface area contributed by atoms with Crippen LogP contribution in [0.5, 0.6) is 0 Å². The minimum absolute atomic E-state index is 0.612. The van der Waals surface area contributed by atoms with E-state index >= 15 is 0 Å². The van der Waals surface area contributed by atoms with E-state index in [1.165, 1.54) is 10.9 Å². The summed E-state index contributed by atoms with van der Waals surface area (Å²) in [5.74, 6) is 1.86. The lowest BCUT2D eigenvalue weighted by Crippen LogP contribution is -2.00. The first-order chi connectivity index (χ1) is 27.7. The molecule has 0 saturated carbocycles. The molecule has 0 N–H and O–H groups in total. The summed E-state index contributed by atoms with van der Waals surface area (Å²) in [6.45, 7) is 0. The van der Waals surface area contributed by atoms with Crippen molar-refractivity contribution < 1.29 is 4.42 Å². The van der Waals surface area contributed by atoms with Crippen LogP contribution in [0, 0.1) is 0 Å². The highest BCUT2D eigenvalue weighted by Gasteiger charge is 2.20. The van der Waals surface area contributed by atoms with Crippen LogP contribution >= 0.6 is 0 Å². The van der Waals surface area contributed by atoms with Gasteiger partial charge in [0.1, 0.15) is 11.2 Å². The summed E-state index contributed by atoms with van der Waals surface area (Å²) in [5, 5.41) is 4.49. The Balaban J connectivity index is 1.13. The van der Waals surface area contributed by atoms with E-state index in [0.717, 1.165) is 77.4 Å². The highest BCUT2D eigenvalue weighted by molar-refractivity contribution is 6.13. The van der Waals surface area contributed by atoms with Crippen molar-refractivity contribution in [1.82, 2.24) is 19.5 Å². The van der Waals surface area contributed by atoms with Crippen LogP contribution in [0.25, 0.3) is 106 Å². The number of hydrogen-bond acceptors (Lipinski definition) is 4. The van der Waals surface area contributed by atoms with Crippen LogP contribution < -0.4 is 0 Å². The fourth-order valence-electron chi connectivity index (χ4n) is 7.95. The van der Waals surface area contributed by atoms with E-state index in [4.69, 9.17) is 19.4 Å². The molecule has 5 nitrogen and oxygen atoms in total. The average molecular weight is 717 g/mol. The van der Waals surface area contributed by atoms with Crippen molar-refractivity contribution in [2.24, 2.45) is 0 Å². The fourth-order valence-corrected chi connectivity index (χ4v) is 7.95. The van der Waals surface area contributed by atoms with Gasteiger partial charge in [-0.25, -0.2) is 15.0 Å². The SMILES string of the molecule is c1ccc(-c2ccc(-c3nc(-c4ccccc4)nc(-c4ccc5c6ccccc6n(-c6cc(-c7ccccc7)c7oc8ccccc8c7c6)c5c4)n3)cc2)cc1. The summed E-state index contributed by atoms with van der Waals surface area (Å²) >= 11 is 0. The molecule has 11 aromatic rings. The molecule has 0 fully saturated rings. The molecule has 0 radical (unpaired) electrons. The zero-order valence-corrected chi connectivity index (χ0v) is 30.2. The van der Waals surface area contributed by atoms with E-state index < -0.39 is 0 Å². The quantitative estimate of drug-likeness (QED) is 0.172. The highest BCUT2D eigenvalue weighted by atomic mass is 16.3. The van der Waals surface area contributed by atoms with Gasteiger partial charge < -0.3 is 8.98 Å². The number of furan rings is 1. The molecule has 0 aliphatic carbocycles. The molecule has 0 atom stereocenters. The fraction of sp³-hybridized carbons (Fsp3) is 0. The largest absolute Gasteiger partial charge is 0.455 e. The minimum atomic E-state index is 0.612. The van der Waals surface area contributed by atoms with Crippen LogP contribution in [0.2, 0.25) is 0 Å². The summed E-state index contributed by atoms with van der Waals surface area (Å²) in [6.07, 6.45) is 0. The molecule has 0 aliphatic rings. The third-order valence-corrected chi connectivity index (χ3v) is 10.7. The summed E-state index contributed by atoms with van der Waals surface area (Å²) in [4.78, 5) is 15.3. The number of rotatable bonds is 6. The molecule has 8 aromatic carbocycles. The molecular formula is C51H32N4O. The van der Waals surface area contributed by atoms with Crippen molar-refractivity contribution in [3.05, 3.63) is 194 Å². The standard InChI is InChI=1S/C51H32N4O/c1-4-14-33(15-5-1)34-24-26-37(27-25-34)50-52-49(36-18-8-3-9-19-36)53-51(54-50)38-28-29-41-40-20-10-12-22-45(40)55(46(41)30-38)39-31-43(35-16-6-2-7-17-35)48-44(32-39)42-21-11-13-23-47(42)56-48/h1-32H. The predicted molar refractivity (Wildman–Crippen MR) is 229 cm³/mol. The van der Waals surface area contributed by atoms with Gasteiger partial charge in [0, 0.05) is 49.5 Å². The van der Waals surface area contributed by atoms with E-state index in [1.807, 2.05) is 54.6 Å².